The van der Waals surface area contributed by atoms with Gasteiger partial charge in [-0.1, -0.05) is 30.2 Å². The molecule has 0 bridgehead atoms. The lowest BCUT2D eigenvalue weighted by Crippen LogP contribution is -2.35. The highest BCUT2D eigenvalue weighted by atomic mass is 35.5. The van der Waals surface area contributed by atoms with Gasteiger partial charge in [-0.15, -0.1) is 0 Å². The number of nitrogens with one attached hydrogen (secondary N) is 2. The highest BCUT2D eigenvalue weighted by Crippen LogP contribution is 2.12. The maximum atomic E-state index is 12.5. The van der Waals surface area contributed by atoms with E-state index in [1.165, 1.54) is 18.4 Å². The summed E-state index contributed by atoms with van der Waals surface area (Å²) in [6, 6.07) is 9.85. The molecule has 0 aliphatic rings. The van der Waals surface area contributed by atoms with Gasteiger partial charge in [0.25, 0.3) is 11.8 Å². The second-order valence-corrected chi connectivity index (χ2v) is 6.42. The van der Waals surface area contributed by atoms with Crippen molar-refractivity contribution in [2.75, 3.05) is 6.54 Å². The third-order valence-corrected chi connectivity index (χ3v) is 4.01. The highest BCUT2D eigenvalue weighted by molar-refractivity contribution is 6.30. The van der Waals surface area contributed by atoms with Crippen molar-refractivity contribution in [3.8, 4) is 0 Å². The van der Waals surface area contributed by atoms with Gasteiger partial charge in [0.15, 0.2) is 5.76 Å². The largest absolute Gasteiger partial charge is 0.550 e. The van der Waals surface area contributed by atoms with Crippen LogP contribution in [0.5, 0.6) is 0 Å². The van der Waals surface area contributed by atoms with Crippen LogP contribution in [0.25, 0.3) is 6.08 Å². The van der Waals surface area contributed by atoms with Crippen LogP contribution in [-0.4, -0.2) is 24.3 Å². The van der Waals surface area contributed by atoms with Crippen molar-refractivity contribution in [2.24, 2.45) is 0 Å². The zero-order valence-electron chi connectivity index (χ0n) is 15.1. The fourth-order valence-corrected chi connectivity index (χ4v) is 2.47. The molecule has 148 valence electrons. The van der Waals surface area contributed by atoms with E-state index in [1.807, 2.05) is 0 Å². The monoisotopic (exact) mass is 403 g/mol. The van der Waals surface area contributed by atoms with E-state index in [4.69, 9.17) is 16.0 Å². The molecule has 2 amide bonds. The van der Waals surface area contributed by atoms with E-state index in [0.29, 0.717) is 36.4 Å². The van der Waals surface area contributed by atoms with Gasteiger partial charge in [-0.25, -0.2) is 0 Å². The summed E-state index contributed by atoms with van der Waals surface area (Å²) < 4.78 is 5.05. The van der Waals surface area contributed by atoms with E-state index < -0.39 is 17.8 Å². The summed E-state index contributed by atoms with van der Waals surface area (Å²) >= 11 is 5.87. The number of carboxylic acid groups (broad SMARTS) is 1. The number of carbonyl (C=O) groups excluding carboxylic acids is 3. The van der Waals surface area contributed by atoms with Crippen molar-refractivity contribution in [1.29, 1.82) is 0 Å². The number of aliphatic carboxylic acids is 1. The molecule has 0 aliphatic carbocycles. The number of hydrogen-bond acceptors (Lipinski definition) is 5. The van der Waals surface area contributed by atoms with E-state index in [-0.39, 0.29) is 17.9 Å². The van der Waals surface area contributed by atoms with Gasteiger partial charge >= 0.3 is 0 Å². The Morgan fingerprint density at radius 3 is 2.46 bits per heavy atom. The molecule has 7 nitrogen and oxygen atoms in total. The summed E-state index contributed by atoms with van der Waals surface area (Å²) in [5.74, 6) is -2.01. The predicted octanol–water partition coefficient (Wildman–Crippen LogP) is 2.13. The number of unbranched alkanes of at least 4 members (excludes halogenated alkanes) is 2. The second-order valence-electron chi connectivity index (χ2n) is 5.98. The average Bonchev–Trinajstić information content (AvgIpc) is 3.20. The molecule has 0 saturated heterocycles. The number of amides is 2. The Labute approximate surface area is 167 Å². The molecule has 1 heterocycles. The lowest BCUT2D eigenvalue weighted by Gasteiger charge is -2.10. The molecule has 1 aromatic heterocycles. The quantitative estimate of drug-likeness (QED) is 0.466. The Bertz CT molecular complexity index is 829. The van der Waals surface area contributed by atoms with Crippen molar-refractivity contribution in [3.05, 3.63) is 64.7 Å². The van der Waals surface area contributed by atoms with Crippen LogP contribution in [0.15, 0.2) is 52.8 Å². The fraction of sp³-hybridized carbons (Fsp3) is 0.250. The Morgan fingerprint density at radius 1 is 1.07 bits per heavy atom. The minimum Gasteiger partial charge on any atom is -0.550 e. The van der Waals surface area contributed by atoms with E-state index >= 15 is 0 Å². The van der Waals surface area contributed by atoms with Crippen LogP contribution < -0.4 is 15.7 Å². The number of furan rings is 1. The van der Waals surface area contributed by atoms with Crippen LogP contribution >= 0.6 is 11.6 Å². The molecule has 0 unspecified atom stereocenters. The topological polar surface area (TPSA) is 111 Å². The SMILES string of the molecule is O=C([O-])CCCCCNC(=O)/C(=C/c1ccc(Cl)cc1)NC(=O)c1ccco1. The summed E-state index contributed by atoms with van der Waals surface area (Å²) in [6.07, 6.45) is 4.63. The van der Waals surface area contributed by atoms with Gasteiger partial charge in [-0.3, -0.25) is 9.59 Å². The number of carbonyl (C=O) groups is 3. The molecular weight excluding hydrogens is 384 g/mol. The third kappa shape index (κ3) is 7.28. The van der Waals surface area contributed by atoms with Gasteiger partial charge in [0, 0.05) is 17.5 Å². The first-order valence-corrected chi connectivity index (χ1v) is 9.13. The second kappa shape index (κ2) is 10.9. The average molecular weight is 404 g/mol. The van der Waals surface area contributed by atoms with E-state index in [1.54, 1.807) is 30.3 Å². The zero-order chi connectivity index (χ0) is 20.4. The zero-order valence-corrected chi connectivity index (χ0v) is 15.8. The van der Waals surface area contributed by atoms with E-state index in [9.17, 15) is 19.5 Å². The standard InChI is InChI=1S/C20H21ClN2O5/c21-15-9-7-14(8-10-15)13-16(23-20(27)17-5-4-12-28-17)19(26)22-11-3-1-2-6-18(24)25/h4-5,7-10,12-13H,1-3,6,11H2,(H,22,26)(H,23,27)(H,24,25)/p-1/b16-13-. The van der Waals surface area contributed by atoms with Gasteiger partial charge in [0.2, 0.25) is 0 Å². The number of hydrogen-bond donors (Lipinski definition) is 2. The molecule has 2 N–H and O–H groups in total. The number of halogens is 1. The van der Waals surface area contributed by atoms with Crippen LogP contribution in [0.3, 0.4) is 0 Å². The summed E-state index contributed by atoms with van der Waals surface area (Å²) in [7, 11) is 0. The number of benzene rings is 1. The van der Waals surface area contributed by atoms with Crippen LogP contribution in [0.1, 0.15) is 41.8 Å². The Hall–Kier alpha value is -3.06. The number of carboxylic acids is 1. The van der Waals surface area contributed by atoms with Crippen LogP contribution in [0.4, 0.5) is 0 Å². The molecule has 1 aromatic carbocycles. The molecule has 28 heavy (non-hydrogen) atoms. The van der Waals surface area contributed by atoms with E-state index in [0.717, 1.165) is 0 Å². The summed E-state index contributed by atoms with van der Waals surface area (Å²) in [4.78, 5) is 35.1. The summed E-state index contributed by atoms with van der Waals surface area (Å²) in [6.45, 7) is 0.348. The minimum absolute atomic E-state index is 0.00509. The van der Waals surface area contributed by atoms with Crippen LogP contribution in [0, 0.1) is 0 Å². The highest BCUT2D eigenvalue weighted by Gasteiger charge is 2.16. The molecule has 0 spiro atoms. The third-order valence-electron chi connectivity index (χ3n) is 3.76. The molecule has 0 radical (unpaired) electrons. The molecule has 8 heteroatoms. The lowest BCUT2D eigenvalue weighted by atomic mass is 10.1. The number of rotatable bonds is 10. The van der Waals surface area contributed by atoms with Crippen molar-refractivity contribution in [1.82, 2.24) is 10.6 Å². The summed E-state index contributed by atoms with van der Waals surface area (Å²) in [5.41, 5.74) is 0.738. The van der Waals surface area contributed by atoms with E-state index in [2.05, 4.69) is 10.6 Å². The first kappa shape index (κ1) is 21.2. The molecular formula is C20H20ClN2O5-. The van der Waals surface area contributed by atoms with Gasteiger partial charge < -0.3 is 25.0 Å². The van der Waals surface area contributed by atoms with Gasteiger partial charge in [0.1, 0.15) is 5.70 Å². The lowest BCUT2D eigenvalue weighted by molar-refractivity contribution is -0.305. The van der Waals surface area contributed by atoms with Crippen LogP contribution in [0.2, 0.25) is 5.02 Å². The minimum atomic E-state index is -1.09. The molecule has 0 atom stereocenters. The van der Waals surface area contributed by atoms with Gasteiger partial charge in [-0.2, -0.15) is 0 Å². The van der Waals surface area contributed by atoms with Gasteiger partial charge in [0.05, 0.1) is 6.26 Å². The van der Waals surface area contributed by atoms with Crippen molar-refractivity contribution in [2.45, 2.75) is 25.7 Å². The maximum absolute atomic E-state index is 12.5. The molecule has 0 aliphatic heterocycles. The smallest absolute Gasteiger partial charge is 0.291 e. The Kier molecular flexibility index (Phi) is 8.30. The van der Waals surface area contributed by atoms with Crippen molar-refractivity contribution in [3.63, 3.8) is 0 Å². The molecule has 0 saturated carbocycles. The summed E-state index contributed by atoms with van der Waals surface area (Å²) in [5, 5.41) is 16.2. The molecule has 2 rings (SSSR count). The van der Waals surface area contributed by atoms with Crippen molar-refractivity contribution >= 4 is 35.5 Å². The normalized spacial score (nSPS) is 11.1. The first-order valence-electron chi connectivity index (χ1n) is 8.76. The molecule has 2 aromatic rings. The maximum Gasteiger partial charge on any atom is 0.291 e. The van der Waals surface area contributed by atoms with Gasteiger partial charge in [-0.05, 0) is 55.2 Å². The van der Waals surface area contributed by atoms with Crippen LogP contribution in [-0.2, 0) is 9.59 Å². The predicted molar refractivity (Wildman–Crippen MR) is 102 cm³/mol. The molecule has 0 fully saturated rings. The Morgan fingerprint density at radius 2 is 1.82 bits per heavy atom. The van der Waals surface area contributed by atoms with Crippen molar-refractivity contribution < 1.29 is 23.9 Å². The first-order chi connectivity index (χ1) is 13.5. The Balaban J connectivity index is 2.00. The fourth-order valence-electron chi connectivity index (χ4n) is 2.34.